The van der Waals surface area contributed by atoms with Crippen LogP contribution in [0.5, 0.6) is 0 Å². The number of fused-ring (bicyclic) bond motifs is 1. The minimum atomic E-state index is 0.0299. The highest BCUT2D eigenvalue weighted by atomic mass is 32.1. The van der Waals surface area contributed by atoms with Crippen molar-refractivity contribution in [3.8, 4) is 0 Å². The van der Waals surface area contributed by atoms with Crippen LogP contribution in [0.4, 0.5) is 0 Å². The Hall–Kier alpha value is -1.44. The second kappa shape index (κ2) is 7.85. The van der Waals surface area contributed by atoms with Crippen LogP contribution in [0.2, 0.25) is 0 Å². The molecule has 1 atom stereocenters. The molecule has 0 aromatic carbocycles. The van der Waals surface area contributed by atoms with Crippen molar-refractivity contribution in [3.63, 3.8) is 0 Å². The highest BCUT2D eigenvalue weighted by Crippen LogP contribution is 2.17. The summed E-state index contributed by atoms with van der Waals surface area (Å²) < 4.78 is 7.71. The van der Waals surface area contributed by atoms with E-state index in [9.17, 15) is 4.79 Å². The Labute approximate surface area is 152 Å². The summed E-state index contributed by atoms with van der Waals surface area (Å²) in [4.78, 5) is 22.7. The third-order valence-electron chi connectivity index (χ3n) is 5.15. The molecule has 4 rings (SSSR count). The Morgan fingerprint density at radius 2 is 2.08 bits per heavy atom. The second-order valence-corrected chi connectivity index (χ2v) is 8.00. The van der Waals surface area contributed by atoms with Gasteiger partial charge in [0, 0.05) is 43.3 Å². The zero-order valence-electron chi connectivity index (χ0n) is 14.6. The van der Waals surface area contributed by atoms with Crippen LogP contribution in [0.15, 0.2) is 17.8 Å². The van der Waals surface area contributed by atoms with Gasteiger partial charge in [-0.15, -0.1) is 11.3 Å². The third-order valence-corrected chi connectivity index (χ3v) is 5.92. The van der Waals surface area contributed by atoms with Gasteiger partial charge in [0.1, 0.15) is 5.69 Å². The Kier molecular flexibility index (Phi) is 5.33. The molecule has 2 aliphatic heterocycles. The smallest absolute Gasteiger partial charge is 0.274 e. The van der Waals surface area contributed by atoms with Gasteiger partial charge in [-0.2, -0.15) is 0 Å². The van der Waals surface area contributed by atoms with Crippen molar-refractivity contribution in [2.24, 2.45) is 5.92 Å². The van der Waals surface area contributed by atoms with E-state index in [1.165, 1.54) is 38.8 Å². The molecule has 6 nitrogen and oxygen atoms in total. The molecule has 2 fully saturated rings. The average Bonchev–Trinajstić information content (AvgIpc) is 3.00. The van der Waals surface area contributed by atoms with E-state index >= 15 is 0 Å². The molecule has 0 bridgehead atoms. The minimum Gasteiger partial charge on any atom is -0.379 e. The highest BCUT2D eigenvalue weighted by Gasteiger charge is 2.26. The maximum Gasteiger partial charge on any atom is 0.274 e. The molecule has 2 aliphatic rings. The topological polar surface area (TPSA) is 50.1 Å². The summed E-state index contributed by atoms with van der Waals surface area (Å²) in [5, 5.41) is 1.98. The number of nitrogens with zero attached hydrogens (tertiary/aromatic N) is 4. The number of imidazole rings is 1. The molecular formula is C18H26N4O2S. The fourth-order valence-corrected chi connectivity index (χ4v) is 4.55. The lowest BCUT2D eigenvalue weighted by Gasteiger charge is -2.28. The van der Waals surface area contributed by atoms with Gasteiger partial charge in [0.05, 0.1) is 13.2 Å². The fourth-order valence-electron chi connectivity index (χ4n) is 3.85. The van der Waals surface area contributed by atoms with Crippen LogP contribution in [-0.2, 0) is 4.74 Å². The first-order valence-corrected chi connectivity index (χ1v) is 10.2. The average molecular weight is 362 g/mol. The molecule has 0 radical (unpaired) electrons. The number of hydrogen-bond acceptors (Lipinski definition) is 5. The van der Waals surface area contributed by atoms with Crippen LogP contribution in [0, 0.1) is 5.92 Å². The second-order valence-electron chi connectivity index (χ2n) is 7.13. The zero-order valence-corrected chi connectivity index (χ0v) is 15.4. The molecule has 0 saturated carbocycles. The van der Waals surface area contributed by atoms with E-state index in [2.05, 4.69) is 9.88 Å². The number of rotatable bonds is 3. The summed E-state index contributed by atoms with van der Waals surface area (Å²) >= 11 is 1.55. The summed E-state index contributed by atoms with van der Waals surface area (Å²) in [6, 6.07) is 0. The molecule has 2 aromatic rings. The van der Waals surface area contributed by atoms with Crippen LogP contribution in [0.3, 0.4) is 0 Å². The quantitative estimate of drug-likeness (QED) is 0.841. The number of amides is 1. The Morgan fingerprint density at radius 1 is 1.24 bits per heavy atom. The number of carbonyl (C=O) groups excluding carboxylic acids is 1. The van der Waals surface area contributed by atoms with Crippen molar-refractivity contribution in [2.45, 2.75) is 25.7 Å². The SMILES string of the molecule is O=C(c1cn2ccsc2n1)N1CCOCC(CN2CCCCCC2)C1. The summed E-state index contributed by atoms with van der Waals surface area (Å²) in [6.45, 7) is 6.18. The lowest BCUT2D eigenvalue weighted by molar-refractivity contribution is 0.0727. The maximum atomic E-state index is 12.9. The van der Waals surface area contributed by atoms with Crippen molar-refractivity contribution in [2.75, 3.05) is 45.9 Å². The first-order chi connectivity index (χ1) is 12.3. The van der Waals surface area contributed by atoms with E-state index in [4.69, 9.17) is 4.74 Å². The minimum absolute atomic E-state index is 0.0299. The van der Waals surface area contributed by atoms with Crippen LogP contribution >= 0.6 is 11.3 Å². The number of likely N-dealkylation sites (tertiary alicyclic amines) is 1. The van der Waals surface area contributed by atoms with Gasteiger partial charge in [0.15, 0.2) is 4.96 Å². The number of aromatic nitrogens is 2. The molecule has 1 unspecified atom stereocenters. The fraction of sp³-hybridized carbons (Fsp3) is 0.667. The van der Waals surface area contributed by atoms with Crippen molar-refractivity contribution >= 4 is 22.2 Å². The van der Waals surface area contributed by atoms with Crippen molar-refractivity contribution in [1.82, 2.24) is 19.2 Å². The van der Waals surface area contributed by atoms with E-state index in [1.807, 2.05) is 27.1 Å². The van der Waals surface area contributed by atoms with Gasteiger partial charge in [-0.1, -0.05) is 12.8 Å². The van der Waals surface area contributed by atoms with Gasteiger partial charge < -0.3 is 14.5 Å². The Bertz CT molecular complexity index is 676. The molecular weight excluding hydrogens is 336 g/mol. The number of thiazole rings is 1. The van der Waals surface area contributed by atoms with Crippen LogP contribution in [-0.4, -0.2) is 71.0 Å². The maximum absolute atomic E-state index is 12.9. The zero-order chi connectivity index (χ0) is 17.1. The monoisotopic (exact) mass is 362 g/mol. The molecule has 136 valence electrons. The normalized spacial score (nSPS) is 23.5. The van der Waals surface area contributed by atoms with Gasteiger partial charge in [0.25, 0.3) is 5.91 Å². The molecule has 0 aliphatic carbocycles. The molecule has 0 spiro atoms. The summed E-state index contributed by atoms with van der Waals surface area (Å²) in [6.07, 6.45) is 9.06. The van der Waals surface area contributed by atoms with Crippen molar-refractivity contribution in [3.05, 3.63) is 23.5 Å². The molecule has 2 saturated heterocycles. The lowest BCUT2D eigenvalue weighted by Crippen LogP contribution is -2.40. The highest BCUT2D eigenvalue weighted by molar-refractivity contribution is 7.15. The van der Waals surface area contributed by atoms with E-state index in [1.54, 1.807) is 11.3 Å². The van der Waals surface area contributed by atoms with E-state index in [0.717, 1.165) is 24.7 Å². The van der Waals surface area contributed by atoms with Crippen LogP contribution in [0.25, 0.3) is 4.96 Å². The van der Waals surface area contributed by atoms with E-state index < -0.39 is 0 Å². The summed E-state index contributed by atoms with van der Waals surface area (Å²) in [5.74, 6) is 0.413. The van der Waals surface area contributed by atoms with Gasteiger partial charge in [-0.05, 0) is 25.9 Å². The molecule has 2 aromatic heterocycles. The third kappa shape index (κ3) is 4.04. The number of hydrogen-bond donors (Lipinski definition) is 0. The first-order valence-electron chi connectivity index (χ1n) is 9.31. The molecule has 25 heavy (non-hydrogen) atoms. The Morgan fingerprint density at radius 3 is 2.88 bits per heavy atom. The predicted molar refractivity (Wildman–Crippen MR) is 98.2 cm³/mol. The summed E-state index contributed by atoms with van der Waals surface area (Å²) in [7, 11) is 0. The van der Waals surface area contributed by atoms with E-state index in [0.29, 0.717) is 24.8 Å². The lowest BCUT2D eigenvalue weighted by atomic mass is 10.1. The summed E-state index contributed by atoms with van der Waals surface area (Å²) in [5.41, 5.74) is 0.544. The molecule has 0 N–H and O–H groups in total. The predicted octanol–water partition coefficient (Wildman–Crippen LogP) is 2.36. The standard InChI is InChI=1S/C18H26N4O2S/c23-17(16-13-22-8-10-25-18(22)19-16)21-7-9-24-14-15(12-21)11-20-5-3-1-2-4-6-20/h8,10,13,15H,1-7,9,11-12,14H2. The van der Waals surface area contributed by atoms with E-state index in [-0.39, 0.29) is 5.91 Å². The van der Waals surface area contributed by atoms with Gasteiger partial charge >= 0.3 is 0 Å². The first kappa shape index (κ1) is 17.0. The van der Waals surface area contributed by atoms with Crippen LogP contribution in [0.1, 0.15) is 36.2 Å². The van der Waals surface area contributed by atoms with Crippen LogP contribution < -0.4 is 0 Å². The Balaban J connectivity index is 1.41. The molecule has 7 heteroatoms. The van der Waals surface area contributed by atoms with Gasteiger partial charge in [-0.25, -0.2) is 4.98 Å². The molecule has 1 amide bonds. The molecule has 4 heterocycles. The largest absolute Gasteiger partial charge is 0.379 e. The van der Waals surface area contributed by atoms with Crippen molar-refractivity contribution in [1.29, 1.82) is 0 Å². The number of ether oxygens (including phenoxy) is 1. The van der Waals surface area contributed by atoms with Gasteiger partial charge in [0.2, 0.25) is 0 Å². The number of carbonyl (C=O) groups is 1. The van der Waals surface area contributed by atoms with Crippen molar-refractivity contribution < 1.29 is 9.53 Å². The van der Waals surface area contributed by atoms with Gasteiger partial charge in [-0.3, -0.25) is 9.20 Å².